The quantitative estimate of drug-likeness (QED) is 0.794. The standard InChI is InChI=1S/C23H28N4O3/c1-29-20-4-2-3-18-13-16(15-30-22(18)20)14-26-11-8-19(9-12-26)27-21(7-10-24-27)25-23(28)17-5-6-17/h2-4,7,10,13,17,19H,5-6,8-9,11-12,14-15H2,1H3,(H,25,28). The van der Waals surface area contributed by atoms with Crippen molar-refractivity contribution >= 4 is 17.8 Å². The molecule has 2 aromatic rings. The number of likely N-dealkylation sites (tertiary alicyclic amines) is 1. The number of aromatic nitrogens is 2. The molecule has 0 radical (unpaired) electrons. The van der Waals surface area contributed by atoms with E-state index in [1.54, 1.807) is 13.3 Å². The molecule has 0 spiro atoms. The van der Waals surface area contributed by atoms with Gasteiger partial charge in [0.05, 0.1) is 19.3 Å². The van der Waals surface area contributed by atoms with Gasteiger partial charge in [0.1, 0.15) is 12.4 Å². The van der Waals surface area contributed by atoms with Crippen LogP contribution in [0.3, 0.4) is 0 Å². The minimum Gasteiger partial charge on any atom is -0.493 e. The largest absolute Gasteiger partial charge is 0.493 e. The number of carbonyl (C=O) groups excluding carboxylic acids is 1. The number of nitrogens with one attached hydrogen (secondary N) is 1. The summed E-state index contributed by atoms with van der Waals surface area (Å²) in [6.07, 6.45) is 8.07. The van der Waals surface area contributed by atoms with Gasteiger partial charge in [0.2, 0.25) is 5.91 Å². The van der Waals surface area contributed by atoms with Crippen LogP contribution >= 0.6 is 0 Å². The van der Waals surface area contributed by atoms with Crippen LogP contribution in [0.25, 0.3) is 6.08 Å². The average molecular weight is 409 g/mol. The molecule has 7 heteroatoms. The predicted octanol–water partition coefficient (Wildman–Crippen LogP) is 3.35. The van der Waals surface area contributed by atoms with Gasteiger partial charge < -0.3 is 14.8 Å². The number of hydrogen-bond donors (Lipinski definition) is 1. The van der Waals surface area contributed by atoms with Crippen molar-refractivity contribution in [3.8, 4) is 11.5 Å². The van der Waals surface area contributed by atoms with Crippen molar-refractivity contribution in [2.45, 2.75) is 31.7 Å². The van der Waals surface area contributed by atoms with Crippen LogP contribution in [0.2, 0.25) is 0 Å². The third kappa shape index (κ3) is 3.94. The summed E-state index contributed by atoms with van der Waals surface area (Å²) in [5, 5.41) is 7.55. The maximum atomic E-state index is 12.1. The van der Waals surface area contributed by atoms with E-state index in [1.165, 1.54) is 5.57 Å². The fourth-order valence-electron chi connectivity index (χ4n) is 4.37. The lowest BCUT2D eigenvalue weighted by Gasteiger charge is -2.33. The highest BCUT2D eigenvalue weighted by atomic mass is 16.5. The topological polar surface area (TPSA) is 68.6 Å². The summed E-state index contributed by atoms with van der Waals surface area (Å²) in [5.74, 6) is 2.79. The molecule has 0 bridgehead atoms. The van der Waals surface area contributed by atoms with Crippen LogP contribution < -0.4 is 14.8 Å². The van der Waals surface area contributed by atoms with Gasteiger partial charge in [-0.2, -0.15) is 5.10 Å². The van der Waals surface area contributed by atoms with Crippen LogP contribution in [0.1, 0.15) is 37.3 Å². The van der Waals surface area contributed by atoms with E-state index in [4.69, 9.17) is 9.47 Å². The first-order chi connectivity index (χ1) is 14.7. The maximum absolute atomic E-state index is 12.1. The number of nitrogens with zero attached hydrogens (tertiary/aromatic N) is 3. The van der Waals surface area contributed by atoms with Gasteiger partial charge in [0.15, 0.2) is 11.5 Å². The summed E-state index contributed by atoms with van der Waals surface area (Å²) >= 11 is 0. The molecule has 1 saturated carbocycles. The van der Waals surface area contributed by atoms with Gasteiger partial charge in [0, 0.05) is 37.2 Å². The molecular weight excluding hydrogens is 380 g/mol. The van der Waals surface area contributed by atoms with Gasteiger partial charge in [0.25, 0.3) is 0 Å². The smallest absolute Gasteiger partial charge is 0.228 e. The Labute approximate surface area is 176 Å². The number of methoxy groups -OCH3 is 1. The molecule has 158 valence electrons. The maximum Gasteiger partial charge on any atom is 0.228 e. The lowest BCUT2D eigenvalue weighted by atomic mass is 10.0. The van der Waals surface area contributed by atoms with Gasteiger partial charge in [-0.25, -0.2) is 4.68 Å². The second-order valence-electron chi connectivity index (χ2n) is 8.40. The zero-order chi connectivity index (χ0) is 20.5. The lowest BCUT2D eigenvalue weighted by Crippen LogP contribution is -2.37. The van der Waals surface area contributed by atoms with E-state index in [9.17, 15) is 4.79 Å². The molecule has 1 saturated heterocycles. The molecule has 7 nitrogen and oxygen atoms in total. The van der Waals surface area contributed by atoms with E-state index in [-0.39, 0.29) is 11.8 Å². The van der Waals surface area contributed by atoms with E-state index in [2.05, 4.69) is 27.5 Å². The van der Waals surface area contributed by atoms with Crippen LogP contribution in [0.5, 0.6) is 11.5 Å². The molecule has 2 aliphatic heterocycles. The number of anilines is 1. The molecule has 1 aromatic heterocycles. The second-order valence-corrected chi connectivity index (χ2v) is 8.40. The Balaban J connectivity index is 1.19. The molecule has 1 aromatic carbocycles. The molecule has 2 fully saturated rings. The molecular formula is C23H28N4O3. The fraction of sp³-hybridized carbons (Fsp3) is 0.478. The number of fused-ring (bicyclic) bond motifs is 1. The van der Waals surface area contributed by atoms with Crippen LogP contribution in [0, 0.1) is 5.92 Å². The molecule has 0 atom stereocenters. The number of rotatable bonds is 6. The summed E-state index contributed by atoms with van der Waals surface area (Å²) < 4.78 is 13.4. The van der Waals surface area contributed by atoms with E-state index in [0.29, 0.717) is 12.6 Å². The van der Waals surface area contributed by atoms with Gasteiger partial charge >= 0.3 is 0 Å². The highest BCUT2D eigenvalue weighted by Gasteiger charge is 2.31. The Morgan fingerprint density at radius 1 is 1.23 bits per heavy atom. The molecule has 1 amide bonds. The third-order valence-corrected chi connectivity index (χ3v) is 6.19. The lowest BCUT2D eigenvalue weighted by molar-refractivity contribution is -0.117. The van der Waals surface area contributed by atoms with Gasteiger partial charge in [-0.05, 0) is 43.4 Å². The molecule has 30 heavy (non-hydrogen) atoms. The Hall–Kier alpha value is -2.80. The Morgan fingerprint density at radius 3 is 2.83 bits per heavy atom. The number of carbonyl (C=O) groups is 1. The molecule has 3 aliphatic rings. The van der Waals surface area contributed by atoms with Gasteiger partial charge in [-0.3, -0.25) is 9.69 Å². The minimum absolute atomic E-state index is 0.135. The van der Waals surface area contributed by atoms with Crippen LogP contribution in [0.4, 0.5) is 5.82 Å². The third-order valence-electron chi connectivity index (χ3n) is 6.19. The average Bonchev–Trinajstić information content (AvgIpc) is 3.53. The number of benzene rings is 1. The molecule has 0 unspecified atom stereocenters. The van der Waals surface area contributed by atoms with Crippen LogP contribution in [0.15, 0.2) is 36.0 Å². The summed E-state index contributed by atoms with van der Waals surface area (Å²) in [4.78, 5) is 14.6. The van der Waals surface area contributed by atoms with Crippen LogP contribution in [-0.2, 0) is 4.79 Å². The first kappa shape index (κ1) is 19.2. The zero-order valence-electron chi connectivity index (χ0n) is 17.3. The van der Waals surface area contributed by atoms with E-state index < -0.39 is 0 Å². The van der Waals surface area contributed by atoms with Crippen molar-refractivity contribution in [3.05, 3.63) is 41.6 Å². The van der Waals surface area contributed by atoms with Crippen molar-refractivity contribution in [1.82, 2.24) is 14.7 Å². The normalized spacial score (nSPS) is 19.6. The van der Waals surface area contributed by atoms with Crippen molar-refractivity contribution in [3.63, 3.8) is 0 Å². The van der Waals surface area contributed by atoms with E-state index in [0.717, 1.165) is 68.2 Å². The molecule has 1 N–H and O–H groups in total. The number of ether oxygens (including phenoxy) is 2. The molecule has 1 aliphatic carbocycles. The summed E-state index contributed by atoms with van der Waals surface area (Å²) in [5.41, 5.74) is 2.36. The SMILES string of the molecule is COc1cccc2c1OCC(CN1CCC(n3nccc3NC(=O)C3CC3)CC1)=C2. The fourth-order valence-corrected chi connectivity index (χ4v) is 4.37. The van der Waals surface area contributed by atoms with E-state index in [1.807, 2.05) is 22.9 Å². The molecule has 5 rings (SSSR count). The van der Waals surface area contributed by atoms with Crippen molar-refractivity contribution < 1.29 is 14.3 Å². The van der Waals surface area contributed by atoms with Crippen molar-refractivity contribution in [1.29, 1.82) is 0 Å². The zero-order valence-corrected chi connectivity index (χ0v) is 17.3. The van der Waals surface area contributed by atoms with Crippen molar-refractivity contribution in [2.75, 3.05) is 38.7 Å². The summed E-state index contributed by atoms with van der Waals surface area (Å²) in [6, 6.07) is 8.22. The molecule has 3 heterocycles. The minimum atomic E-state index is 0.135. The number of para-hydroxylation sites is 1. The Kier molecular flexibility index (Phi) is 5.21. The highest BCUT2D eigenvalue weighted by Crippen LogP contribution is 2.36. The highest BCUT2D eigenvalue weighted by molar-refractivity contribution is 5.93. The van der Waals surface area contributed by atoms with Crippen LogP contribution in [-0.4, -0.2) is 53.9 Å². The Morgan fingerprint density at radius 2 is 2.07 bits per heavy atom. The number of amides is 1. The first-order valence-corrected chi connectivity index (χ1v) is 10.8. The summed E-state index contributed by atoms with van der Waals surface area (Å²) in [6.45, 7) is 3.52. The first-order valence-electron chi connectivity index (χ1n) is 10.8. The summed E-state index contributed by atoms with van der Waals surface area (Å²) in [7, 11) is 1.67. The second kappa shape index (κ2) is 8.14. The Bertz CT molecular complexity index is 955. The number of piperidine rings is 1. The van der Waals surface area contributed by atoms with E-state index >= 15 is 0 Å². The van der Waals surface area contributed by atoms with Crippen molar-refractivity contribution in [2.24, 2.45) is 5.92 Å². The van der Waals surface area contributed by atoms with Gasteiger partial charge in [-0.15, -0.1) is 0 Å². The van der Waals surface area contributed by atoms with Gasteiger partial charge in [-0.1, -0.05) is 12.1 Å². The predicted molar refractivity (Wildman–Crippen MR) is 115 cm³/mol. The number of hydrogen-bond acceptors (Lipinski definition) is 5. The monoisotopic (exact) mass is 408 g/mol.